The second-order valence-electron chi connectivity index (χ2n) is 4.41. The minimum Gasteiger partial charge on any atom is -0.347 e. The Kier molecular flexibility index (Phi) is 5.46. The molecule has 1 N–H and O–H groups in total. The van der Waals surface area contributed by atoms with E-state index in [1.165, 1.54) is 12.1 Å². The highest BCUT2D eigenvalue weighted by atomic mass is 79.9. The highest BCUT2D eigenvalue weighted by Crippen LogP contribution is 2.23. The van der Waals surface area contributed by atoms with Crippen LogP contribution in [-0.2, 0) is 6.42 Å². The van der Waals surface area contributed by atoms with E-state index in [0.29, 0.717) is 16.6 Å². The van der Waals surface area contributed by atoms with E-state index >= 15 is 0 Å². The Hall–Kier alpha value is -1.73. The Bertz CT molecular complexity index is 630. The van der Waals surface area contributed by atoms with Gasteiger partial charge in [0.05, 0.1) is 9.80 Å². The van der Waals surface area contributed by atoms with E-state index in [0.717, 1.165) is 16.9 Å². The van der Waals surface area contributed by atoms with Gasteiger partial charge in [-0.1, -0.05) is 57.6 Å². The second kappa shape index (κ2) is 7.33. The van der Waals surface area contributed by atoms with Crippen molar-refractivity contribution in [2.45, 2.75) is 12.5 Å². The monoisotopic (exact) mass is 368 g/mol. The molecule has 0 fully saturated rings. The Morgan fingerprint density at radius 3 is 2.57 bits per heavy atom. The number of nitrogens with one attached hydrogen (secondary N) is 1. The molecule has 0 saturated heterocycles. The number of nitro groups is 1. The molecule has 7 heteroatoms. The van der Waals surface area contributed by atoms with Crippen molar-refractivity contribution in [1.29, 1.82) is 0 Å². The smallest absolute Gasteiger partial charge is 0.324 e. The number of hydrogen-bond acceptors (Lipinski definition) is 4. The van der Waals surface area contributed by atoms with Gasteiger partial charge in [0, 0.05) is 17.4 Å². The summed E-state index contributed by atoms with van der Waals surface area (Å²) in [5.74, 6) is -0.284. The van der Waals surface area contributed by atoms with E-state index in [1.807, 2.05) is 30.3 Å². The lowest BCUT2D eigenvalue weighted by Gasteiger charge is -2.15. The zero-order valence-corrected chi connectivity index (χ0v) is 13.4. The molecular formula is C14H13BrN2O3S. The number of carbonyl (C=O) groups excluding carboxylic acids is 1. The zero-order valence-electron chi connectivity index (χ0n) is 11.0. The Balaban J connectivity index is 2.00. The molecule has 0 bridgehead atoms. The van der Waals surface area contributed by atoms with Gasteiger partial charge in [-0.2, -0.15) is 0 Å². The highest BCUT2D eigenvalue weighted by Gasteiger charge is 2.18. The molecule has 2 aromatic rings. The first-order chi connectivity index (χ1) is 10.1. The van der Waals surface area contributed by atoms with Gasteiger partial charge in [0.1, 0.15) is 0 Å². The fourth-order valence-electron chi connectivity index (χ4n) is 1.85. The zero-order chi connectivity index (χ0) is 15.2. The number of thiophene rings is 1. The molecule has 0 saturated carbocycles. The third-order valence-corrected chi connectivity index (χ3v) is 4.66. The van der Waals surface area contributed by atoms with Gasteiger partial charge < -0.3 is 5.32 Å². The molecule has 0 aliphatic rings. The third-order valence-electron chi connectivity index (χ3n) is 2.84. The van der Waals surface area contributed by atoms with Crippen molar-refractivity contribution >= 4 is 38.2 Å². The van der Waals surface area contributed by atoms with E-state index < -0.39 is 4.92 Å². The molecule has 0 aliphatic heterocycles. The van der Waals surface area contributed by atoms with Gasteiger partial charge in [-0.25, -0.2) is 0 Å². The fraction of sp³-hybridized carbons (Fsp3) is 0.214. The molecule has 1 unspecified atom stereocenters. The standard InChI is InChI=1S/C14H13BrN2O3S/c15-9-11(8-10-4-2-1-3-5-10)16-14(18)12-6-7-13(21-12)17(19)20/h1-7,11H,8-9H2,(H,16,18). The number of rotatable bonds is 6. The van der Waals surface area contributed by atoms with E-state index in [-0.39, 0.29) is 17.0 Å². The van der Waals surface area contributed by atoms with Gasteiger partial charge in [0.25, 0.3) is 5.91 Å². The van der Waals surface area contributed by atoms with E-state index in [1.54, 1.807) is 0 Å². The first kappa shape index (κ1) is 15.7. The predicted molar refractivity (Wildman–Crippen MR) is 86.2 cm³/mol. The molecule has 1 aromatic heterocycles. The van der Waals surface area contributed by atoms with Crippen molar-refractivity contribution in [1.82, 2.24) is 5.32 Å². The second-order valence-corrected chi connectivity index (χ2v) is 6.12. The number of amides is 1. The number of alkyl halides is 1. The summed E-state index contributed by atoms with van der Waals surface area (Å²) < 4.78 is 0. The van der Waals surface area contributed by atoms with Crippen LogP contribution in [0.15, 0.2) is 42.5 Å². The van der Waals surface area contributed by atoms with Crippen LogP contribution in [0.25, 0.3) is 0 Å². The van der Waals surface area contributed by atoms with Crippen LogP contribution in [0.5, 0.6) is 0 Å². The predicted octanol–water partition coefficient (Wildman–Crippen LogP) is 3.39. The molecule has 0 spiro atoms. The fourth-order valence-corrected chi connectivity index (χ4v) is 2.96. The lowest BCUT2D eigenvalue weighted by Crippen LogP contribution is -2.37. The first-order valence-corrected chi connectivity index (χ1v) is 8.19. The van der Waals surface area contributed by atoms with Crippen molar-refractivity contribution in [2.75, 3.05) is 5.33 Å². The maximum atomic E-state index is 12.1. The largest absolute Gasteiger partial charge is 0.347 e. The van der Waals surface area contributed by atoms with Crippen LogP contribution in [0.4, 0.5) is 5.00 Å². The highest BCUT2D eigenvalue weighted by molar-refractivity contribution is 9.09. The van der Waals surface area contributed by atoms with Crippen molar-refractivity contribution in [3.05, 3.63) is 63.0 Å². The molecule has 5 nitrogen and oxygen atoms in total. The molecule has 0 radical (unpaired) electrons. The summed E-state index contributed by atoms with van der Waals surface area (Å²) in [5.41, 5.74) is 1.12. The number of nitrogens with zero attached hydrogens (tertiary/aromatic N) is 1. The minimum absolute atomic E-state index is 0.0291. The average Bonchev–Trinajstić information content (AvgIpc) is 2.97. The molecule has 2 rings (SSSR count). The average molecular weight is 369 g/mol. The molecule has 0 aliphatic carbocycles. The molecule has 1 amide bonds. The molecule has 110 valence electrons. The number of halogens is 1. The molecule has 1 aromatic carbocycles. The summed E-state index contributed by atoms with van der Waals surface area (Å²) in [7, 11) is 0. The molecule has 21 heavy (non-hydrogen) atoms. The van der Waals surface area contributed by atoms with Crippen molar-refractivity contribution in [3.8, 4) is 0 Å². The van der Waals surface area contributed by atoms with Gasteiger partial charge >= 0.3 is 5.00 Å². The van der Waals surface area contributed by atoms with Crippen LogP contribution in [0.3, 0.4) is 0 Å². The van der Waals surface area contributed by atoms with Crippen LogP contribution in [0, 0.1) is 10.1 Å². The summed E-state index contributed by atoms with van der Waals surface area (Å²) in [6.07, 6.45) is 0.700. The normalized spacial score (nSPS) is 11.9. The molecule has 1 atom stereocenters. The first-order valence-electron chi connectivity index (χ1n) is 6.25. The maximum absolute atomic E-state index is 12.1. The van der Waals surface area contributed by atoms with Crippen LogP contribution < -0.4 is 5.32 Å². The van der Waals surface area contributed by atoms with Gasteiger partial charge in [-0.05, 0) is 18.1 Å². The van der Waals surface area contributed by atoms with Crippen molar-refractivity contribution < 1.29 is 9.72 Å². The van der Waals surface area contributed by atoms with Gasteiger partial charge in [-0.15, -0.1) is 0 Å². The van der Waals surface area contributed by atoms with Crippen LogP contribution >= 0.6 is 27.3 Å². The van der Waals surface area contributed by atoms with Gasteiger partial charge in [0.15, 0.2) is 0 Å². The van der Waals surface area contributed by atoms with Crippen molar-refractivity contribution in [2.24, 2.45) is 0 Å². The topological polar surface area (TPSA) is 72.2 Å². The maximum Gasteiger partial charge on any atom is 0.324 e. The molecule has 1 heterocycles. The number of benzene rings is 1. The quantitative estimate of drug-likeness (QED) is 0.482. The van der Waals surface area contributed by atoms with Crippen LogP contribution in [0.1, 0.15) is 15.2 Å². The van der Waals surface area contributed by atoms with E-state index in [4.69, 9.17) is 0 Å². The summed E-state index contributed by atoms with van der Waals surface area (Å²) in [6.45, 7) is 0. The van der Waals surface area contributed by atoms with Crippen LogP contribution in [0.2, 0.25) is 0 Å². The van der Waals surface area contributed by atoms with Crippen molar-refractivity contribution in [3.63, 3.8) is 0 Å². The Morgan fingerprint density at radius 1 is 1.29 bits per heavy atom. The summed E-state index contributed by atoms with van der Waals surface area (Å²) in [4.78, 5) is 22.6. The Morgan fingerprint density at radius 2 is 2.00 bits per heavy atom. The third kappa shape index (κ3) is 4.37. The van der Waals surface area contributed by atoms with Gasteiger partial charge in [-0.3, -0.25) is 14.9 Å². The SMILES string of the molecule is O=C(NC(CBr)Cc1ccccc1)c1ccc([N+](=O)[O-])s1. The summed E-state index contributed by atoms with van der Waals surface area (Å²) >= 11 is 4.26. The van der Waals surface area contributed by atoms with Gasteiger partial charge in [0.2, 0.25) is 0 Å². The lowest BCUT2D eigenvalue weighted by atomic mass is 10.1. The van der Waals surface area contributed by atoms with E-state index in [9.17, 15) is 14.9 Å². The number of hydrogen-bond donors (Lipinski definition) is 1. The lowest BCUT2D eigenvalue weighted by molar-refractivity contribution is -0.380. The summed E-state index contributed by atoms with van der Waals surface area (Å²) in [5, 5.41) is 14.1. The summed E-state index contributed by atoms with van der Waals surface area (Å²) in [6, 6.07) is 12.6. The molecular weight excluding hydrogens is 356 g/mol. The Labute approximate surface area is 134 Å². The van der Waals surface area contributed by atoms with E-state index in [2.05, 4.69) is 21.2 Å². The minimum atomic E-state index is -0.493. The van der Waals surface area contributed by atoms with Crippen LogP contribution in [-0.4, -0.2) is 22.2 Å². The number of carbonyl (C=O) groups is 1.